The first-order chi connectivity index (χ1) is 13.9. The van der Waals surface area contributed by atoms with Crippen molar-refractivity contribution in [2.75, 3.05) is 0 Å². The Kier molecular flexibility index (Phi) is 4.48. The number of ketones is 1. The second-order valence-electron chi connectivity index (χ2n) is 7.22. The second kappa shape index (κ2) is 6.82. The molecule has 0 spiro atoms. The molecule has 29 heavy (non-hydrogen) atoms. The minimum Gasteiger partial charge on any atom is -0.289 e. The Morgan fingerprint density at radius 1 is 0.759 bits per heavy atom. The van der Waals surface area contributed by atoms with Gasteiger partial charge in [0.2, 0.25) is 0 Å². The summed E-state index contributed by atoms with van der Waals surface area (Å²) in [5.41, 5.74) is 2.28. The lowest BCUT2D eigenvalue weighted by Crippen LogP contribution is -2.37. The number of halogens is 2. The Bertz CT molecular complexity index is 1240. The van der Waals surface area contributed by atoms with Crippen LogP contribution in [-0.4, -0.2) is 5.78 Å². The van der Waals surface area contributed by atoms with E-state index in [0.29, 0.717) is 21.2 Å². The molecule has 0 N–H and O–H groups in total. The van der Waals surface area contributed by atoms with E-state index in [4.69, 9.17) is 23.2 Å². The summed E-state index contributed by atoms with van der Waals surface area (Å²) in [4.78, 5) is 18.2. The third kappa shape index (κ3) is 2.62. The number of rotatable bonds is 2. The highest BCUT2D eigenvalue weighted by molar-refractivity contribution is 7.14. The summed E-state index contributed by atoms with van der Waals surface area (Å²) < 4.78 is 0. The van der Waals surface area contributed by atoms with E-state index in [1.165, 1.54) is 9.75 Å². The van der Waals surface area contributed by atoms with Gasteiger partial charge in [-0.2, -0.15) is 0 Å². The molecule has 0 unspecified atom stereocenters. The molecule has 2 heterocycles. The van der Waals surface area contributed by atoms with Crippen molar-refractivity contribution in [2.24, 2.45) is 0 Å². The molecule has 0 bridgehead atoms. The van der Waals surface area contributed by atoms with Crippen LogP contribution in [0.25, 0.3) is 0 Å². The Balaban J connectivity index is 2.05. The lowest BCUT2D eigenvalue weighted by molar-refractivity contribution is 0.103. The summed E-state index contributed by atoms with van der Waals surface area (Å²) in [7, 11) is 0. The minimum atomic E-state index is -0.667. The molecule has 1 aliphatic rings. The van der Waals surface area contributed by atoms with E-state index in [9.17, 15) is 4.79 Å². The second-order valence-corrected chi connectivity index (χ2v) is 10.6. The van der Waals surface area contributed by atoms with Gasteiger partial charge in [0.25, 0.3) is 0 Å². The molecule has 1 nitrogen and oxygen atoms in total. The maximum Gasteiger partial charge on any atom is 0.195 e. The van der Waals surface area contributed by atoms with Crippen molar-refractivity contribution in [3.05, 3.63) is 112 Å². The molecule has 5 heteroatoms. The molecule has 0 amide bonds. The molecule has 144 valence electrons. The number of hydrogen-bond donors (Lipinski definition) is 0. The quantitative estimate of drug-likeness (QED) is 0.267. The molecular formula is C24H16Cl2OS2. The van der Waals surface area contributed by atoms with Gasteiger partial charge in [-0.1, -0.05) is 47.5 Å². The highest BCUT2D eigenvalue weighted by Gasteiger charge is 2.49. The summed E-state index contributed by atoms with van der Waals surface area (Å²) >= 11 is 16.9. The molecule has 2 aromatic heterocycles. The summed E-state index contributed by atoms with van der Waals surface area (Å²) in [5.74, 6) is -0.0692. The highest BCUT2D eigenvalue weighted by Crippen LogP contribution is 2.56. The van der Waals surface area contributed by atoms with Crippen molar-refractivity contribution < 1.29 is 4.79 Å². The van der Waals surface area contributed by atoms with Gasteiger partial charge in [0.15, 0.2) is 5.78 Å². The van der Waals surface area contributed by atoms with Crippen LogP contribution < -0.4 is 0 Å². The molecule has 0 saturated heterocycles. The maximum absolute atomic E-state index is 13.5. The van der Waals surface area contributed by atoms with Gasteiger partial charge in [-0.05, 0) is 55.8 Å². The van der Waals surface area contributed by atoms with Gasteiger partial charge >= 0.3 is 0 Å². The van der Waals surface area contributed by atoms with E-state index in [0.717, 1.165) is 20.9 Å². The van der Waals surface area contributed by atoms with Gasteiger partial charge in [-0.25, -0.2) is 0 Å². The van der Waals surface area contributed by atoms with Crippen LogP contribution in [-0.2, 0) is 5.41 Å². The largest absolute Gasteiger partial charge is 0.289 e. The fourth-order valence-electron chi connectivity index (χ4n) is 4.34. The minimum absolute atomic E-state index is 0.0692. The summed E-state index contributed by atoms with van der Waals surface area (Å²) in [5, 5.41) is 1.07. The lowest BCUT2D eigenvalue weighted by Gasteiger charge is -2.40. The first kappa shape index (κ1) is 19.1. The normalized spacial score (nSPS) is 14.6. The van der Waals surface area contributed by atoms with Gasteiger partial charge in [-0.15, -0.1) is 22.7 Å². The highest BCUT2D eigenvalue weighted by atomic mass is 35.5. The number of thiophene rings is 2. The van der Waals surface area contributed by atoms with Gasteiger partial charge in [0, 0.05) is 41.2 Å². The number of aryl methyl sites for hydroxylation is 2. The number of hydrogen-bond acceptors (Lipinski definition) is 3. The SMILES string of the molecule is Cc1ccc(C2(c3ccc(C)s3)c3cccc(Cl)c3C(=O)c3cccc(Cl)c32)s1. The van der Waals surface area contributed by atoms with E-state index in [-0.39, 0.29) is 5.78 Å². The molecular weight excluding hydrogens is 439 g/mol. The molecule has 2 aromatic carbocycles. The van der Waals surface area contributed by atoms with E-state index < -0.39 is 5.41 Å². The smallest absolute Gasteiger partial charge is 0.195 e. The van der Waals surface area contributed by atoms with E-state index in [1.807, 2.05) is 30.3 Å². The number of carbonyl (C=O) groups excluding carboxylic acids is 1. The average Bonchev–Trinajstić information content (AvgIpc) is 3.32. The Labute approximate surface area is 187 Å². The van der Waals surface area contributed by atoms with Crippen LogP contribution in [0.3, 0.4) is 0 Å². The summed E-state index contributed by atoms with van der Waals surface area (Å²) in [6, 6.07) is 19.9. The molecule has 0 atom stereocenters. The third-order valence-corrected chi connectivity index (χ3v) is 8.37. The molecule has 4 aromatic rings. The van der Waals surface area contributed by atoms with Crippen LogP contribution in [0.15, 0.2) is 60.7 Å². The Morgan fingerprint density at radius 3 is 1.93 bits per heavy atom. The van der Waals surface area contributed by atoms with E-state index in [2.05, 4.69) is 38.1 Å². The fraction of sp³-hybridized carbons (Fsp3) is 0.125. The standard InChI is InChI=1S/C24H16Cl2OS2/c1-13-9-11-19(28-13)24(20-12-10-14(2)29-20)16-6-4-7-17(25)21(16)23(27)15-5-3-8-18(26)22(15)24/h3-12H,1-2H3. The van der Waals surface area contributed by atoms with Crippen LogP contribution in [0, 0.1) is 13.8 Å². The topological polar surface area (TPSA) is 17.1 Å². The maximum atomic E-state index is 13.5. The lowest BCUT2D eigenvalue weighted by atomic mass is 9.64. The van der Waals surface area contributed by atoms with Crippen LogP contribution in [0.1, 0.15) is 46.6 Å². The van der Waals surface area contributed by atoms with Gasteiger partial charge in [-0.3, -0.25) is 4.79 Å². The molecule has 0 saturated carbocycles. The predicted molar refractivity (Wildman–Crippen MR) is 123 cm³/mol. The van der Waals surface area contributed by atoms with Crippen LogP contribution >= 0.6 is 45.9 Å². The van der Waals surface area contributed by atoms with Gasteiger partial charge < -0.3 is 0 Å². The first-order valence-corrected chi connectivity index (χ1v) is 11.6. The first-order valence-electron chi connectivity index (χ1n) is 9.21. The van der Waals surface area contributed by atoms with Crippen LogP contribution in [0.4, 0.5) is 0 Å². The zero-order valence-electron chi connectivity index (χ0n) is 15.8. The van der Waals surface area contributed by atoms with Crippen molar-refractivity contribution in [2.45, 2.75) is 19.3 Å². The van der Waals surface area contributed by atoms with Gasteiger partial charge in [0.05, 0.1) is 10.4 Å². The van der Waals surface area contributed by atoms with Crippen molar-refractivity contribution >= 4 is 51.7 Å². The summed E-state index contributed by atoms with van der Waals surface area (Å²) in [6.07, 6.45) is 0. The predicted octanol–water partition coefficient (Wildman–Crippen LogP) is 7.66. The Morgan fingerprint density at radius 2 is 1.34 bits per heavy atom. The van der Waals surface area contributed by atoms with E-state index in [1.54, 1.807) is 28.7 Å². The zero-order chi connectivity index (χ0) is 20.3. The average molecular weight is 455 g/mol. The molecule has 5 rings (SSSR count). The van der Waals surface area contributed by atoms with Crippen molar-refractivity contribution in [3.8, 4) is 0 Å². The van der Waals surface area contributed by atoms with E-state index >= 15 is 0 Å². The fourth-order valence-corrected chi connectivity index (χ4v) is 7.17. The van der Waals surface area contributed by atoms with Crippen molar-refractivity contribution in [1.29, 1.82) is 0 Å². The van der Waals surface area contributed by atoms with Crippen LogP contribution in [0.5, 0.6) is 0 Å². The molecule has 1 aliphatic carbocycles. The van der Waals surface area contributed by atoms with Crippen molar-refractivity contribution in [1.82, 2.24) is 0 Å². The zero-order valence-corrected chi connectivity index (χ0v) is 18.9. The monoisotopic (exact) mass is 454 g/mol. The Hall–Kier alpha value is -1.91. The molecule has 0 fully saturated rings. The number of carbonyl (C=O) groups is 1. The number of benzene rings is 2. The van der Waals surface area contributed by atoms with Crippen molar-refractivity contribution in [3.63, 3.8) is 0 Å². The number of fused-ring (bicyclic) bond motifs is 2. The third-order valence-electron chi connectivity index (χ3n) is 5.50. The molecule has 0 aliphatic heterocycles. The molecule has 0 radical (unpaired) electrons. The summed E-state index contributed by atoms with van der Waals surface area (Å²) in [6.45, 7) is 4.20. The van der Waals surface area contributed by atoms with Crippen LogP contribution in [0.2, 0.25) is 10.0 Å². The van der Waals surface area contributed by atoms with Gasteiger partial charge in [0.1, 0.15) is 0 Å².